The first-order valence-corrected chi connectivity index (χ1v) is 4.08. The molecule has 0 aliphatic rings. The predicted molar refractivity (Wildman–Crippen MR) is 51.2 cm³/mol. The van der Waals surface area contributed by atoms with E-state index in [2.05, 4.69) is 10.3 Å². The Morgan fingerprint density at radius 3 is 3.15 bits per heavy atom. The number of hydrogen-bond acceptors (Lipinski definition) is 4. The van der Waals surface area contributed by atoms with Crippen LogP contribution in [0, 0.1) is 0 Å². The topological polar surface area (TPSA) is 64.1 Å². The highest BCUT2D eigenvalue weighted by Gasteiger charge is 2.02. The van der Waals surface area contributed by atoms with E-state index in [-0.39, 0.29) is 0 Å². The molecule has 0 aromatic carbocycles. The van der Waals surface area contributed by atoms with E-state index < -0.39 is 0 Å². The Hall–Kier alpha value is -1.55. The fourth-order valence-electron chi connectivity index (χ4n) is 1.26. The molecule has 0 unspecified atom stereocenters. The summed E-state index contributed by atoms with van der Waals surface area (Å²) in [5, 5.41) is 4.00. The normalized spacial score (nSPS) is 10.8. The molecule has 2 rings (SSSR count). The van der Waals surface area contributed by atoms with Crippen LogP contribution in [0.4, 0.5) is 5.82 Å². The second kappa shape index (κ2) is 3.06. The number of fused-ring (bicyclic) bond motifs is 1. The first-order chi connectivity index (χ1) is 6.29. The standard InChI is InChI=1S/C9H11N3O/c1-11-5-7-2-6-4-12-9(10)3-8(6)13-7/h2-4,11H,5H2,1H3,(H2,10,12). The third kappa shape index (κ3) is 1.48. The molecule has 0 radical (unpaired) electrons. The van der Waals surface area contributed by atoms with E-state index in [1.54, 1.807) is 12.3 Å². The molecule has 0 saturated heterocycles. The van der Waals surface area contributed by atoms with Crippen molar-refractivity contribution in [1.29, 1.82) is 0 Å². The molecule has 0 saturated carbocycles. The largest absolute Gasteiger partial charge is 0.460 e. The summed E-state index contributed by atoms with van der Waals surface area (Å²) >= 11 is 0. The summed E-state index contributed by atoms with van der Waals surface area (Å²) in [7, 11) is 1.87. The number of nitrogens with one attached hydrogen (secondary N) is 1. The molecule has 2 aromatic rings. The van der Waals surface area contributed by atoms with Gasteiger partial charge in [0.15, 0.2) is 0 Å². The van der Waals surface area contributed by atoms with Crippen LogP contribution in [0.3, 0.4) is 0 Å². The fourth-order valence-corrected chi connectivity index (χ4v) is 1.26. The predicted octanol–water partition coefficient (Wildman–Crippen LogP) is 1.13. The number of rotatable bonds is 2. The van der Waals surface area contributed by atoms with E-state index >= 15 is 0 Å². The van der Waals surface area contributed by atoms with Crippen molar-refractivity contribution < 1.29 is 4.42 Å². The Kier molecular flexibility index (Phi) is 1.90. The van der Waals surface area contributed by atoms with Gasteiger partial charge < -0.3 is 15.5 Å². The van der Waals surface area contributed by atoms with E-state index in [1.165, 1.54) is 0 Å². The van der Waals surface area contributed by atoms with E-state index in [0.29, 0.717) is 12.4 Å². The molecule has 2 aromatic heterocycles. The van der Waals surface area contributed by atoms with Gasteiger partial charge in [0, 0.05) is 17.6 Å². The van der Waals surface area contributed by atoms with Crippen LogP contribution in [0.25, 0.3) is 11.0 Å². The summed E-state index contributed by atoms with van der Waals surface area (Å²) in [6.07, 6.45) is 1.72. The molecule has 0 aliphatic carbocycles. The molecule has 0 amide bonds. The van der Waals surface area contributed by atoms with Gasteiger partial charge in [0.05, 0.1) is 6.54 Å². The van der Waals surface area contributed by atoms with Gasteiger partial charge in [-0.3, -0.25) is 0 Å². The van der Waals surface area contributed by atoms with Gasteiger partial charge in [-0.05, 0) is 13.1 Å². The Morgan fingerprint density at radius 2 is 2.38 bits per heavy atom. The van der Waals surface area contributed by atoms with Crippen LogP contribution in [0.1, 0.15) is 5.76 Å². The minimum atomic E-state index is 0.484. The van der Waals surface area contributed by atoms with Crippen molar-refractivity contribution in [3.63, 3.8) is 0 Å². The quantitative estimate of drug-likeness (QED) is 0.721. The lowest BCUT2D eigenvalue weighted by Crippen LogP contribution is -2.03. The maximum Gasteiger partial charge on any atom is 0.139 e. The molecule has 2 heterocycles. The fraction of sp³-hybridized carbons (Fsp3) is 0.222. The third-order valence-corrected chi connectivity index (χ3v) is 1.82. The summed E-state index contributed by atoms with van der Waals surface area (Å²) < 4.78 is 5.51. The number of anilines is 1. The number of nitrogen functional groups attached to an aromatic ring is 1. The zero-order chi connectivity index (χ0) is 9.26. The Bertz CT molecular complexity index is 422. The highest BCUT2D eigenvalue weighted by molar-refractivity contribution is 5.78. The summed E-state index contributed by atoms with van der Waals surface area (Å²) in [6, 6.07) is 3.69. The number of hydrogen-bond donors (Lipinski definition) is 2. The molecular weight excluding hydrogens is 166 g/mol. The smallest absolute Gasteiger partial charge is 0.139 e. The van der Waals surface area contributed by atoms with Crippen LogP contribution in [0.15, 0.2) is 22.7 Å². The van der Waals surface area contributed by atoms with E-state index in [4.69, 9.17) is 10.2 Å². The van der Waals surface area contributed by atoms with Crippen molar-refractivity contribution in [2.45, 2.75) is 6.54 Å². The number of nitrogens with two attached hydrogens (primary N) is 1. The van der Waals surface area contributed by atoms with Gasteiger partial charge >= 0.3 is 0 Å². The lowest BCUT2D eigenvalue weighted by molar-refractivity contribution is 0.531. The van der Waals surface area contributed by atoms with Crippen molar-refractivity contribution >= 4 is 16.8 Å². The summed E-state index contributed by atoms with van der Waals surface area (Å²) in [5.74, 6) is 1.38. The van der Waals surface area contributed by atoms with Crippen LogP contribution in [0.2, 0.25) is 0 Å². The van der Waals surface area contributed by atoms with Crippen molar-refractivity contribution in [2.75, 3.05) is 12.8 Å². The van der Waals surface area contributed by atoms with Gasteiger partial charge in [0.2, 0.25) is 0 Å². The van der Waals surface area contributed by atoms with E-state index in [1.807, 2.05) is 13.1 Å². The van der Waals surface area contributed by atoms with E-state index in [9.17, 15) is 0 Å². The maximum absolute atomic E-state index is 5.52. The lowest BCUT2D eigenvalue weighted by Gasteiger charge is -1.91. The molecule has 0 spiro atoms. The van der Waals surface area contributed by atoms with E-state index in [0.717, 1.165) is 16.7 Å². The molecule has 4 nitrogen and oxygen atoms in total. The first kappa shape index (κ1) is 8.07. The average Bonchev–Trinajstić information content (AvgIpc) is 2.46. The van der Waals surface area contributed by atoms with Crippen molar-refractivity contribution in [3.05, 3.63) is 24.1 Å². The van der Waals surface area contributed by atoms with Crippen molar-refractivity contribution in [3.8, 4) is 0 Å². The minimum absolute atomic E-state index is 0.484. The number of nitrogens with zero attached hydrogens (tertiary/aromatic N) is 1. The molecule has 68 valence electrons. The van der Waals surface area contributed by atoms with Crippen LogP contribution in [-0.2, 0) is 6.54 Å². The second-order valence-corrected chi connectivity index (χ2v) is 2.89. The second-order valence-electron chi connectivity index (χ2n) is 2.89. The van der Waals surface area contributed by atoms with Crippen LogP contribution in [-0.4, -0.2) is 12.0 Å². The Labute approximate surface area is 75.7 Å². The van der Waals surface area contributed by atoms with Crippen LogP contribution < -0.4 is 11.1 Å². The minimum Gasteiger partial charge on any atom is -0.460 e. The molecule has 0 bridgehead atoms. The van der Waals surface area contributed by atoms with Gasteiger partial charge in [-0.1, -0.05) is 0 Å². The van der Waals surface area contributed by atoms with Crippen LogP contribution in [0.5, 0.6) is 0 Å². The Balaban J connectivity index is 2.49. The summed E-state index contributed by atoms with van der Waals surface area (Å²) in [5.41, 5.74) is 6.31. The third-order valence-electron chi connectivity index (χ3n) is 1.82. The molecule has 3 N–H and O–H groups in total. The zero-order valence-corrected chi connectivity index (χ0v) is 7.37. The number of pyridine rings is 1. The summed E-state index contributed by atoms with van der Waals surface area (Å²) in [6.45, 7) is 0.717. The zero-order valence-electron chi connectivity index (χ0n) is 7.37. The summed E-state index contributed by atoms with van der Waals surface area (Å²) in [4.78, 5) is 3.98. The highest BCUT2D eigenvalue weighted by Crippen LogP contribution is 2.19. The SMILES string of the molecule is CNCc1cc2cnc(N)cc2o1. The average molecular weight is 177 g/mol. The molecular formula is C9H11N3O. The van der Waals surface area contributed by atoms with Crippen molar-refractivity contribution in [1.82, 2.24) is 10.3 Å². The van der Waals surface area contributed by atoms with Gasteiger partial charge in [-0.2, -0.15) is 0 Å². The van der Waals surface area contributed by atoms with Gasteiger partial charge in [0.1, 0.15) is 17.2 Å². The first-order valence-electron chi connectivity index (χ1n) is 4.08. The van der Waals surface area contributed by atoms with Crippen LogP contribution >= 0.6 is 0 Å². The monoisotopic (exact) mass is 177 g/mol. The maximum atomic E-state index is 5.52. The van der Waals surface area contributed by atoms with Gasteiger partial charge in [0.25, 0.3) is 0 Å². The number of furan rings is 1. The molecule has 4 heteroatoms. The lowest BCUT2D eigenvalue weighted by atomic mass is 10.3. The Morgan fingerprint density at radius 1 is 1.54 bits per heavy atom. The molecule has 0 fully saturated rings. The highest BCUT2D eigenvalue weighted by atomic mass is 16.3. The van der Waals surface area contributed by atoms with Gasteiger partial charge in [-0.15, -0.1) is 0 Å². The van der Waals surface area contributed by atoms with Gasteiger partial charge in [-0.25, -0.2) is 4.98 Å². The molecule has 0 atom stereocenters. The number of aromatic nitrogens is 1. The molecule has 13 heavy (non-hydrogen) atoms. The van der Waals surface area contributed by atoms with Crippen molar-refractivity contribution in [2.24, 2.45) is 0 Å². The molecule has 0 aliphatic heterocycles.